The molecular formula is C15H20F3N. The zero-order valence-corrected chi connectivity index (χ0v) is 11.4. The predicted molar refractivity (Wildman–Crippen MR) is 70.0 cm³/mol. The van der Waals surface area contributed by atoms with Crippen LogP contribution >= 0.6 is 0 Å². The van der Waals surface area contributed by atoms with Crippen molar-refractivity contribution < 1.29 is 13.2 Å². The molecule has 106 valence electrons. The summed E-state index contributed by atoms with van der Waals surface area (Å²) in [5, 5.41) is 0. The second kappa shape index (κ2) is 5.16. The summed E-state index contributed by atoms with van der Waals surface area (Å²) in [6.07, 6.45) is 0.0663. The topological polar surface area (TPSA) is 3.24 Å². The second-order valence-corrected chi connectivity index (χ2v) is 5.75. The van der Waals surface area contributed by atoms with Gasteiger partial charge in [0, 0.05) is 5.54 Å². The van der Waals surface area contributed by atoms with E-state index in [9.17, 15) is 13.2 Å². The maximum absolute atomic E-state index is 12.5. The van der Waals surface area contributed by atoms with Gasteiger partial charge >= 0.3 is 6.18 Å². The minimum atomic E-state index is -4.25. The van der Waals surface area contributed by atoms with Gasteiger partial charge in [0.2, 0.25) is 0 Å². The highest BCUT2D eigenvalue weighted by Crippen LogP contribution is 2.32. The smallest absolute Gasteiger partial charge is 0.301 e. The summed E-state index contributed by atoms with van der Waals surface area (Å²) >= 11 is 0. The molecule has 1 atom stereocenters. The van der Waals surface area contributed by atoms with Crippen molar-refractivity contribution in [1.82, 2.24) is 4.90 Å². The van der Waals surface area contributed by atoms with Crippen molar-refractivity contribution in [1.29, 1.82) is 0 Å². The number of hydrogen-bond donors (Lipinski definition) is 0. The molecule has 1 unspecified atom stereocenters. The van der Waals surface area contributed by atoms with E-state index in [1.807, 2.05) is 0 Å². The normalized spacial score (nSPS) is 25.5. The molecule has 1 aromatic rings. The van der Waals surface area contributed by atoms with Crippen LogP contribution in [0.5, 0.6) is 0 Å². The van der Waals surface area contributed by atoms with Gasteiger partial charge in [-0.25, -0.2) is 0 Å². The van der Waals surface area contributed by atoms with Crippen molar-refractivity contribution in [2.75, 3.05) is 13.6 Å². The predicted octanol–water partition coefficient (Wildman–Crippen LogP) is 4.12. The molecule has 0 spiro atoms. The summed E-state index contributed by atoms with van der Waals surface area (Å²) in [7, 11) is 2.10. The van der Waals surface area contributed by atoms with Crippen LogP contribution in [0, 0.1) is 0 Å². The van der Waals surface area contributed by atoms with E-state index in [-0.39, 0.29) is 5.54 Å². The summed E-state index contributed by atoms with van der Waals surface area (Å²) < 4.78 is 37.5. The van der Waals surface area contributed by atoms with Gasteiger partial charge in [0.25, 0.3) is 0 Å². The number of benzene rings is 1. The molecule has 0 radical (unpaired) electrons. The van der Waals surface area contributed by atoms with Crippen molar-refractivity contribution in [3.8, 4) is 0 Å². The van der Waals surface area contributed by atoms with Crippen molar-refractivity contribution in [2.24, 2.45) is 0 Å². The number of hydrogen-bond acceptors (Lipinski definition) is 1. The number of alkyl halides is 3. The van der Waals surface area contributed by atoms with Gasteiger partial charge in [-0.05, 0) is 57.5 Å². The summed E-state index contributed by atoms with van der Waals surface area (Å²) in [5.41, 5.74) is 0.473. The zero-order chi connectivity index (χ0) is 14.1. The first-order chi connectivity index (χ1) is 8.81. The molecule has 0 N–H and O–H groups in total. The SMILES string of the molecule is CN1CCCCC1(C)Cc1ccc(C(F)(F)F)cc1. The van der Waals surface area contributed by atoms with E-state index < -0.39 is 11.7 Å². The third-order valence-corrected chi connectivity index (χ3v) is 4.25. The minimum absolute atomic E-state index is 0.0675. The highest BCUT2D eigenvalue weighted by Gasteiger charge is 2.33. The fourth-order valence-corrected chi connectivity index (χ4v) is 2.79. The average molecular weight is 271 g/mol. The molecule has 4 heteroatoms. The first kappa shape index (κ1) is 14.4. The number of piperidine rings is 1. The Morgan fingerprint density at radius 2 is 1.79 bits per heavy atom. The molecule has 2 rings (SSSR count). The first-order valence-corrected chi connectivity index (χ1v) is 6.69. The Balaban J connectivity index is 2.11. The number of rotatable bonds is 2. The van der Waals surface area contributed by atoms with E-state index in [4.69, 9.17) is 0 Å². The zero-order valence-electron chi connectivity index (χ0n) is 11.4. The Kier molecular flexibility index (Phi) is 3.90. The lowest BCUT2D eigenvalue weighted by atomic mass is 9.83. The minimum Gasteiger partial charge on any atom is -0.301 e. The van der Waals surface area contributed by atoms with E-state index in [0.717, 1.165) is 24.9 Å². The van der Waals surface area contributed by atoms with Crippen LogP contribution in [0.15, 0.2) is 24.3 Å². The molecule has 1 aromatic carbocycles. The molecule has 0 bridgehead atoms. The van der Waals surface area contributed by atoms with E-state index in [1.165, 1.54) is 25.0 Å². The van der Waals surface area contributed by atoms with Crippen LogP contribution < -0.4 is 0 Å². The van der Waals surface area contributed by atoms with Crippen LogP contribution in [-0.4, -0.2) is 24.0 Å². The van der Waals surface area contributed by atoms with Gasteiger partial charge in [-0.2, -0.15) is 13.2 Å². The van der Waals surface area contributed by atoms with Crippen LogP contribution in [0.4, 0.5) is 13.2 Å². The lowest BCUT2D eigenvalue weighted by molar-refractivity contribution is -0.137. The number of likely N-dealkylation sites (tertiary alicyclic amines) is 1. The molecule has 0 aliphatic carbocycles. The van der Waals surface area contributed by atoms with Crippen LogP contribution in [0.25, 0.3) is 0 Å². The third-order valence-electron chi connectivity index (χ3n) is 4.25. The summed E-state index contributed by atoms with van der Waals surface area (Å²) in [6, 6.07) is 5.58. The van der Waals surface area contributed by atoms with Gasteiger partial charge in [0.1, 0.15) is 0 Å². The Hall–Kier alpha value is -1.03. The first-order valence-electron chi connectivity index (χ1n) is 6.69. The quantitative estimate of drug-likeness (QED) is 0.782. The van der Waals surface area contributed by atoms with Gasteiger partial charge in [0.05, 0.1) is 5.56 Å². The van der Waals surface area contributed by atoms with Crippen molar-refractivity contribution in [3.63, 3.8) is 0 Å². The van der Waals surface area contributed by atoms with E-state index in [0.29, 0.717) is 0 Å². The van der Waals surface area contributed by atoms with Crippen molar-refractivity contribution in [3.05, 3.63) is 35.4 Å². The van der Waals surface area contributed by atoms with Gasteiger partial charge < -0.3 is 4.90 Å². The standard InChI is InChI=1S/C15H20F3N/c1-14(9-3-4-10-19(14)2)11-12-5-7-13(8-6-12)15(16,17)18/h5-8H,3-4,9-11H2,1-2H3. The third kappa shape index (κ3) is 3.30. The van der Waals surface area contributed by atoms with Crippen LogP contribution in [0.1, 0.15) is 37.3 Å². The molecule has 0 amide bonds. The molecule has 1 saturated heterocycles. The number of halogens is 3. The lowest BCUT2D eigenvalue weighted by Crippen LogP contribution is -2.48. The average Bonchev–Trinajstić information content (AvgIpc) is 2.33. The van der Waals surface area contributed by atoms with E-state index >= 15 is 0 Å². The van der Waals surface area contributed by atoms with Gasteiger partial charge in [-0.3, -0.25) is 0 Å². The molecular weight excluding hydrogens is 251 g/mol. The Labute approximate surface area is 112 Å². The van der Waals surface area contributed by atoms with Crippen molar-refractivity contribution in [2.45, 2.75) is 44.3 Å². The Bertz CT molecular complexity index is 424. The molecule has 19 heavy (non-hydrogen) atoms. The Morgan fingerprint density at radius 1 is 1.16 bits per heavy atom. The molecule has 1 nitrogen and oxygen atoms in total. The van der Waals surface area contributed by atoms with Gasteiger partial charge in [-0.15, -0.1) is 0 Å². The van der Waals surface area contributed by atoms with Gasteiger partial charge in [0.15, 0.2) is 0 Å². The highest BCUT2D eigenvalue weighted by atomic mass is 19.4. The monoisotopic (exact) mass is 271 g/mol. The highest BCUT2D eigenvalue weighted by molar-refractivity contribution is 5.26. The molecule has 1 aliphatic rings. The molecule has 1 heterocycles. The summed E-state index contributed by atoms with van der Waals surface area (Å²) in [5.74, 6) is 0. The fourth-order valence-electron chi connectivity index (χ4n) is 2.79. The molecule has 1 fully saturated rings. The van der Waals surface area contributed by atoms with Crippen LogP contribution in [0.3, 0.4) is 0 Å². The number of nitrogens with zero attached hydrogens (tertiary/aromatic N) is 1. The maximum atomic E-state index is 12.5. The van der Waals surface area contributed by atoms with Gasteiger partial charge in [-0.1, -0.05) is 18.6 Å². The largest absolute Gasteiger partial charge is 0.416 e. The number of likely N-dealkylation sites (N-methyl/N-ethyl adjacent to an activating group) is 1. The van der Waals surface area contributed by atoms with Crippen molar-refractivity contribution >= 4 is 0 Å². The van der Waals surface area contributed by atoms with Crippen LogP contribution in [0.2, 0.25) is 0 Å². The summed E-state index contributed by atoms with van der Waals surface area (Å²) in [6.45, 7) is 3.26. The second-order valence-electron chi connectivity index (χ2n) is 5.75. The van der Waals surface area contributed by atoms with Crippen LogP contribution in [-0.2, 0) is 12.6 Å². The van der Waals surface area contributed by atoms with E-state index in [2.05, 4.69) is 18.9 Å². The summed E-state index contributed by atoms with van der Waals surface area (Å²) in [4.78, 5) is 2.33. The fraction of sp³-hybridized carbons (Fsp3) is 0.600. The molecule has 1 aliphatic heterocycles. The Morgan fingerprint density at radius 3 is 2.32 bits per heavy atom. The molecule has 0 aromatic heterocycles. The van der Waals surface area contributed by atoms with E-state index in [1.54, 1.807) is 12.1 Å². The lowest BCUT2D eigenvalue weighted by Gasteiger charge is -2.43. The molecule has 0 saturated carbocycles. The maximum Gasteiger partial charge on any atom is 0.416 e.